The molecule has 0 fully saturated rings. The van der Waals surface area contributed by atoms with E-state index in [2.05, 4.69) is 5.32 Å². The maximum absolute atomic E-state index is 12.8. The molecule has 0 bridgehead atoms. The second-order valence-electron chi connectivity index (χ2n) is 6.44. The zero-order valence-electron chi connectivity index (χ0n) is 16.3. The van der Waals surface area contributed by atoms with E-state index in [1.807, 2.05) is 36.4 Å². The molecule has 0 saturated carbocycles. The second-order valence-corrected chi connectivity index (χ2v) is 6.87. The summed E-state index contributed by atoms with van der Waals surface area (Å²) < 4.78 is 5.30. The van der Waals surface area contributed by atoms with Crippen LogP contribution in [0.25, 0.3) is 0 Å². The van der Waals surface area contributed by atoms with Crippen LogP contribution < -0.4 is 10.2 Å². The number of rotatable bonds is 8. The number of ether oxygens (including phenoxy) is 1. The van der Waals surface area contributed by atoms with Crippen LogP contribution in [-0.2, 0) is 14.3 Å². The van der Waals surface area contributed by atoms with Crippen LogP contribution in [0, 0.1) is 0 Å². The van der Waals surface area contributed by atoms with E-state index in [0.29, 0.717) is 11.4 Å². The Bertz CT molecular complexity index is 1040. The van der Waals surface area contributed by atoms with Gasteiger partial charge in [0.05, 0.1) is 11.3 Å². The van der Waals surface area contributed by atoms with E-state index in [-0.39, 0.29) is 58.3 Å². The van der Waals surface area contributed by atoms with Gasteiger partial charge in [-0.3, -0.25) is 14.5 Å². The van der Waals surface area contributed by atoms with Crippen LogP contribution >= 0.6 is 11.6 Å². The van der Waals surface area contributed by atoms with Crippen molar-refractivity contribution in [2.45, 2.75) is 0 Å². The molecule has 9 heteroatoms. The van der Waals surface area contributed by atoms with Crippen molar-refractivity contribution in [2.24, 2.45) is 0 Å². The van der Waals surface area contributed by atoms with Gasteiger partial charge in [0.2, 0.25) is 5.91 Å². The van der Waals surface area contributed by atoms with Crippen LogP contribution in [-0.4, -0.2) is 65.7 Å². The quantitative estimate of drug-likeness (QED) is 0.497. The number of halogens is 1. The fraction of sp³-hybridized carbons (Fsp3) is 0.0870. The number of para-hydroxylation sites is 2. The zero-order chi connectivity index (χ0) is 22.2. The average molecular weight is 463 g/mol. The summed E-state index contributed by atoms with van der Waals surface area (Å²) in [5, 5.41) is 11.9. The third-order valence-electron chi connectivity index (χ3n) is 4.22. The molecule has 2 amide bonds. The molecule has 0 unspecified atom stereocenters. The third kappa shape index (κ3) is 6.91. The van der Waals surface area contributed by atoms with E-state index in [4.69, 9.17) is 16.3 Å². The van der Waals surface area contributed by atoms with E-state index in [9.17, 15) is 19.5 Å². The number of carboxylic acids is 1. The molecule has 0 aliphatic carbocycles. The molecular weight excluding hydrogens is 443 g/mol. The number of benzene rings is 3. The molecule has 0 atom stereocenters. The first-order valence-electron chi connectivity index (χ1n) is 9.29. The number of hydrogen-bond acceptors (Lipinski definition) is 4. The molecule has 7 nitrogen and oxygen atoms in total. The normalized spacial score (nSPS) is 10.0. The van der Waals surface area contributed by atoms with Gasteiger partial charge in [0, 0.05) is 16.4 Å². The fourth-order valence-electron chi connectivity index (χ4n) is 2.88. The van der Waals surface area contributed by atoms with Gasteiger partial charge in [-0.1, -0.05) is 48.0 Å². The molecule has 0 spiro atoms. The summed E-state index contributed by atoms with van der Waals surface area (Å²) in [5.41, 5.74) is 1.28. The summed E-state index contributed by atoms with van der Waals surface area (Å²) >= 11 is 5.80. The molecule has 0 saturated heterocycles. The molecule has 2 N–H and O–H groups in total. The van der Waals surface area contributed by atoms with Crippen molar-refractivity contribution in [2.75, 3.05) is 23.4 Å². The molecule has 3 aromatic rings. The monoisotopic (exact) mass is 462 g/mol. The number of anilines is 3. The summed E-state index contributed by atoms with van der Waals surface area (Å²) in [7, 11) is 0. The van der Waals surface area contributed by atoms with Gasteiger partial charge in [0.25, 0.3) is 5.91 Å². The summed E-state index contributed by atoms with van der Waals surface area (Å²) in [6.07, 6.45) is 0. The number of nitrogens with zero attached hydrogens (tertiary/aromatic N) is 1. The molecule has 0 aliphatic rings. The SMILES string of the molecule is O=C(COCC(=O)N(c1ccccc1)c1ccccc1)Nc1ccc(Cl)cc1C(=O)O.[NaH]. The van der Waals surface area contributed by atoms with Gasteiger partial charge in [-0.05, 0) is 42.5 Å². The van der Waals surface area contributed by atoms with Crippen LogP contribution in [0.3, 0.4) is 0 Å². The Balaban J connectivity index is 0.00000363. The van der Waals surface area contributed by atoms with Crippen molar-refractivity contribution in [3.63, 3.8) is 0 Å². The van der Waals surface area contributed by atoms with Gasteiger partial charge in [0.15, 0.2) is 0 Å². The number of aromatic carboxylic acids is 1. The van der Waals surface area contributed by atoms with E-state index in [1.165, 1.54) is 23.1 Å². The molecule has 160 valence electrons. The minimum atomic E-state index is -1.23. The first-order valence-corrected chi connectivity index (χ1v) is 9.67. The Morgan fingerprint density at radius 1 is 0.875 bits per heavy atom. The minimum absolute atomic E-state index is 0. The molecular formula is C23H20ClN2NaO5. The number of nitrogens with one attached hydrogen (secondary N) is 1. The van der Waals surface area contributed by atoms with E-state index < -0.39 is 18.5 Å². The summed E-state index contributed by atoms with van der Waals surface area (Å²) in [6, 6.07) is 22.2. The molecule has 0 aliphatic heterocycles. The predicted octanol–water partition coefficient (Wildman–Crippen LogP) is 3.71. The van der Waals surface area contributed by atoms with Crippen molar-refractivity contribution in [3.8, 4) is 0 Å². The predicted molar refractivity (Wildman–Crippen MR) is 125 cm³/mol. The zero-order valence-corrected chi connectivity index (χ0v) is 17.1. The summed E-state index contributed by atoms with van der Waals surface area (Å²) in [4.78, 5) is 37.8. The first kappa shape index (κ1) is 25.6. The Labute approximate surface area is 212 Å². The molecule has 0 radical (unpaired) electrons. The van der Waals surface area contributed by atoms with Crippen molar-refractivity contribution in [3.05, 3.63) is 89.4 Å². The molecule has 32 heavy (non-hydrogen) atoms. The van der Waals surface area contributed by atoms with Crippen LogP contribution in [0.15, 0.2) is 78.9 Å². The number of carbonyl (C=O) groups excluding carboxylic acids is 2. The molecule has 3 aromatic carbocycles. The van der Waals surface area contributed by atoms with Gasteiger partial charge in [0.1, 0.15) is 13.2 Å². The molecule has 0 aromatic heterocycles. The number of carbonyl (C=O) groups is 3. The van der Waals surface area contributed by atoms with Gasteiger partial charge < -0.3 is 15.2 Å². The van der Waals surface area contributed by atoms with Crippen molar-refractivity contribution in [1.82, 2.24) is 0 Å². The van der Waals surface area contributed by atoms with Gasteiger partial charge >= 0.3 is 35.5 Å². The molecule has 3 rings (SSSR count). The Kier molecular flexibility index (Phi) is 9.90. The van der Waals surface area contributed by atoms with Crippen LogP contribution in [0.5, 0.6) is 0 Å². The van der Waals surface area contributed by atoms with Gasteiger partial charge in [-0.15, -0.1) is 0 Å². The van der Waals surface area contributed by atoms with E-state index >= 15 is 0 Å². The maximum atomic E-state index is 12.8. The van der Waals surface area contributed by atoms with Crippen molar-refractivity contribution in [1.29, 1.82) is 0 Å². The third-order valence-corrected chi connectivity index (χ3v) is 4.46. The van der Waals surface area contributed by atoms with E-state index in [0.717, 1.165) is 0 Å². The number of amides is 2. The first-order chi connectivity index (χ1) is 15.0. The Morgan fingerprint density at radius 2 is 1.44 bits per heavy atom. The standard InChI is InChI=1S/C23H19ClN2O5.Na.H/c24-16-11-12-20(19(13-16)23(29)30)25-21(27)14-31-15-22(28)26(17-7-3-1-4-8-17)18-9-5-2-6-10-18;;/h1-13H,14-15H2,(H,25,27)(H,29,30);;. The molecule has 0 heterocycles. The van der Waals surface area contributed by atoms with Gasteiger partial charge in [-0.2, -0.15) is 0 Å². The summed E-state index contributed by atoms with van der Waals surface area (Å²) in [5.74, 6) is -2.18. The summed E-state index contributed by atoms with van der Waals surface area (Å²) in [6.45, 7) is -0.769. The van der Waals surface area contributed by atoms with Crippen LogP contribution in [0.4, 0.5) is 17.1 Å². The number of carboxylic acid groups (broad SMARTS) is 1. The van der Waals surface area contributed by atoms with Crippen LogP contribution in [0.1, 0.15) is 10.4 Å². The van der Waals surface area contributed by atoms with Crippen molar-refractivity contribution >= 4 is 76.0 Å². The second kappa shape index (κ2) is 12.4. The van der Waals surface area contributed by atoms with E-state index in [1.54, 1.807) is 24.3 Å². The Morgan fingerprint density at radius 3 is 1.97 bits per heavy atom. The van der Waals surface area contributed by atoms with Crippen LogP contribution in [0.2, 0.25) is 5.02 Å². The fourth-order valence-corrected chi connectivity index (χ4v) is 3.05. The number of hydrogen-bond donors (Lipinski definition) is 2. The van der Waals surface area contributed by atoms with Gasteiger partial charge in [-0.25, -0.2) is 4.79 Å². The Hall–Kier alpha value is -2.68. The topological polar surface area (TPSA) is 95.9 Å². The average Bonchev–Trinajstić information content (AvgIpc) is 2.76. The van der Waals surface area contributed by atoms with Crippen molar-refractivity contribution < 1.29 is 24.2 Å².